The minimum atomic E-state index is -0.0963. The van der Waals surface area contributed by atoms with Gasteiger partial charge in [0.15, 0.2) is 0 Å². The van der Waals surface area contributed by atoms with Crippen LogP contribution in [0.25, 0.3) is 0 Å². The van der Waals surface area contributed by atoms with Gasteiger partial charge in [0, 0.05) is 17.2 Å². The summed E-state index contributed by atoms with van der Waals surface area (Å²) >= 11 is 3.30. The maximum absolute atomic E-state index is 11.9. The van der Waals surface area contributed by atoms with Gasteiger partial charge in [-0.1, -0.05) is 27.7 Å². The summed E-state index contributed by atoms with van der Waals surface area (Å²) in [5.41, 5.74) is 1.07. The van der Waals surface area contributed by atoms with Gasteiger partial charge in [0.1, 0.15) is 5.69 Å². The standard InChI is InChI=1S/C14H19BrN2O/c1-13(2)11(14(13,3)4)8-17-12(18)10-6-5-9(15)7-16-10/h5-7,11H,8H2,1-4H3,(H,17,18). The van der Waals surface area contributed by atoms with E-state index in [1.165, 1.54) is 0 Å². The van der Waals surface area contributed by atoms with Gasteiger partial charge in [0.2, 0.25) is 0 Å². The fraction of sp³-hybridized carbons (Fsp3) is 0.571. The molecule has 3 nitrogen and oxygen atoms in total. The molecule has 1 amide bonds. The highest BCUT2D eigenvalue weighted by Gasteiger charge is 2.64. The molecule has 1 aliphatic carbocycles. The number of pyridine rings is 1. The van der Waals surface area contributed by atoms with Crippen LogP contribution in [0.1, 0.15) is 38.2 Å². The van der Waals surface area contributed by atoms with Crippen molar-refractivity contribution >= 4 is 21.8 Å². The van der Waals surface area contributed by atoms with Crippen molar-refractivity contribution in [1.82, 2.24) is 10.3 Å². The largest absolute Gasteiger partial charge is 0.350 e. The van der Waals surface area contributed by atoms with Crippen LogP contribution in [0.5, 0.6) is 0 Å². The lowest BCUT2D eigenvalue weighted by Crippen LogP contribution is -2.27. The fourth-order valence-electron chi connectivity index (χ4n) is 2.64. The van der Waals surface area contributed by atoms with Crippen molar-refractivity contribution in [3.8, 4) is 0 Å². The highest BCUT2D eigenvalue weighted by atomic mass is 79.9. The third kappa shape index (κ3) is 2.18. The normalized spacial score (nSPS) is 20.5. The Labute approximate surface area is 117 Å². The molecular formula is C14H19BrN2O. The van der Waals surface area contributed by atoms with Crippen LogP contribution in [-0.2, 0) is 0 Å². The summed E-state index contributed by atoms with van der Waals surface area (Å²) in [6, 6.07) is 3.55. The van der Waals surface area contributed by atoms with E-state index in [-0.39, 0.29) is 5.91 Å². The van der Waals surface area contributed by atoms with Crippen molar-refractivity contribution in [2.75, 3.05) is 6.54 Å². The first-order valence-corrected chi connectivity index (χ1v) is 6.96. The number of hydrogen-bond donors (Lipinski definition) is 1. The van der Waals surface area contributed by atoms with E-state index in [2.05, 4.69) is 53.9 Å². The third-order valence-electron chi connectivity index (χ3n) is 4.75. The molecule has 1 N–H and O–H groups in total. The van der Waals surface area contributed by atoms with Gasteiger partial charge >= 0.3 is 0 Å². The van der Waals surface area contributed by atoms with Gasteiger partial charge in [0.05, 0.1) is 0 Å². The first kappa shape index (κ1) is 13.5. The Bertz CT molecular complexity index is 451. The summed E-state index contributed by atoms with van der Waals surface area (Å²) in [5, 5.41) is 2.97. The molecule has 0 unspecified atom stereocenters. The van der Waals surface area contributed by atoms with E-state index in [0.717, 1.165) is 11.0 Å². The van der Waals surface area contributed by atoms with E-state index in [9.17, 15) is 4.79 Å². The van der Waals surface area contributed by atoms with Gasteiger partial charge in [-0.15, -0.1) is 0 Å². The number of amides is 1. The molecule has 0 radical (unpaired) electrons. The minimum Gasteiger partial charge on any atom is -0.350 e. The summed E-state index contributed by atoms with van der Waals surface area (Å²) in [6.07, 6.45) is 1.64. The van der Waals surface area contributed by atoms with Crippen LogP contribution in [0.15, 0.2) is 22.8 Å². The number of carbonyl (C=O) groups excluding carboxylic acids is 1. The molecule has 0 atom stereocenters. The van der Waals surface area contributed by atoms with E-state index in [0.29, 0.717) is 22.4 Å². The van der Waals surface area contributed by atoms with E-state index in [1.807, 2.05) is 6.07 Å². The highest BCUT2D eigenvalue weighted by Crippen LogP contribution is 2.67. The summed E-state index contributed by atoms with van der Waals surface area (Å²) in [5.74, 6) is 0.436. The van der Waals surface area contributed by atoms with E-state index >= 15 is 0 Å². The van der Waals surface area contributed by atoms with Crippen LogP contribution in [0.3, 0.4) is 0 Å². The number of halogens is 1. The zero-order valence-electron chi connectivity index (χ0n) is 11.2. The Balaban J connectivity index is 1.92. The Morgan fingerprint density at radius 2 is 1.94 bits per heavy atom. The lowest BCUT2D eigenvalue weighted by Gasteiger charge is -2.05. The second-order valence-corrected chi connectivity index (χ2v) is 6.98. The predicted octanol–water partition coefficient (Wildman–Crippen LogP) is 3.26. The molecule has 98 valence electrons. The average Bonchev–Trinajstić information content (AvgIpc) is 2.67. The van der Waals surface area contributed by atoms with Crippen molar-refractivity contribution < 1.29 is 4.79 Å². The molecule has 1 aromatic rings. The summed E-state index contributed by atoms with van der Waals surface area (Å²) in [4.78, 5) is 16.0. The van der Waals surface area contributed by atoms with Gasteiger partial charge in [-0.3, -0.25) is 4.79 Å². The van der Waals surface area contributed by atoms with E-state index in [1.54, 1.807) is 12.3 Å². The zero-order chi connectivity index (χ0) is 13.6. The highest BCUT2D eigenvalue weighted by molar-refractivity contribution is 9.10. The van der Waals surface area contributed by atoms with Crippen molar-refractivity contribution in [3.63, 3.8) is 0 Å². The maximum Gasteiger partial charge on any atom is 0.269 e. The fourth-order valence-corrected chi connectivity index (χ4v) is 2.87. The molecule has 1 fully saturated rings. The maximum atomic E-state index is 11.9. The molecule has 1 saturated carbocycles. The van der Waals surface area contributed by atoms with Gasteiger partial charge in [0.25, 0.3) is 5.91 Å². The molecule has 2 rings (SSSR count). The van der Waals surface area contributed by atoms with Crippen LogP contribution in [-0.4, -0.2) is 17.4 Å². The molecule has 1 aliphatic rings. The topological polar surface area (TPSA) is 42.0 Å². The molecule has 0 aliphatic heterocycles. The zero-order valence-corrected chi connectivity index (χ0v) is 12.8. The van der Waals surface area contributed by atoms with Crippen molar-refractivity contribution in [3.05, 3.63) is 28.5 Å². The summed E-state index contributed by atoms with van der Waals surface area (Å²) < 4.78 is 0.878. The smallest absolute Gasteiger partial charge is 0.269 e. The second-order valence-electron chi connectivity index (χ2n) is 6.07. The molecule has 0 saturated heterocycles. The molecule has 1 aromatic heterocycles. The average molecular weight is 311 g/mol. The Hall–Kier alpha value is -0.900. The Kier molecular flexibility index (Phi) is 3.26. The van der Waals surface area contributed by atoms with Crippen molar-refractivity contribution in [2.24, 2.45) is 16.7 Å². The van der Waals surface area contributed by atoms with Crippen LogP contribution in [0.2, 0.25) is 0 Å². The number of nitrogens with one attached hydrogen (secondary N) is 1. The van der Waals surface area contributed by atoms with Gasteiger partial charge < -0.3 is 5.32 Å². The second kappa shape index (κ2) is 4.34. The van der Waals surface area contributed by atoms with E-state index in [4.69, 9.17) is 0 Å². The number of hydrogen-bond acceptors (Lipinski definition) is 2. The molecule has 0 aromatic carbocycles. The summed E-state index contributed by atoms with van der Waals surface area (Å²) in [7, 11) is 0. The Morgan fingerprint density at radius 1 is 1.33 bits per heavy atom. The molecule has 1 heterocycles. The number of aromatic nitrogens is 1. The Morgan fingerprint density at radius 3 is 2.39 bits per heavy atom. The van der Waals surface area contributed by atoms with Gasteiger partial charge in [-0.25, -0.2) is 4.98 Å². The number of rotatable bonds is 3. The van der Waals surface area contributed by atoms with E-state index < -0.39 is 0 Å². The molecule has 4 heteroatoms. The van der Waals surface area contributed by atoms with Crippen LogP contribution >= 0.6 is 15.9 Å². The van der Waals surface area contributed by atoms with Crippen LogP contribution < -0.4 is 5.32 Å². The van der Waals surface area contributed by atoms with Gasteiger partial charge in [-0.05, 0) is 44.8 Å². The SMILES string of the molecule is CC1(C)C(CNC(=O)c2ccc(Br)cn2)C1(C)C. The van der Waals surface area contributed by atoms with Crippen molar-refractivity contribution in [1.29, 1.82) is 0 Å². The third-order valence-corrected chi connectivity index (χ3v) is 5.22. The minimum absolute atomic E-state index is 0.0963. The van der Waals surface area contributed by atoms with Crippen LogP contribution in [0.4, 0.5) is 0 Å². The van der Waals surface area contributed by atoms with Crippen LogP contribution in [0, 0.1) is 16.7 Å². The first-order chi connectivity index (χ1) is 8.26. The predicted molar refractivity (Wildman–Crippen MR) is 75.3 cm³/mol. The molecular weight excluding hydrogens is 292 g/mol. The molecule has 18 heavy (non-hydrogen) atoms. The lowest BCUT2D eigenvalue weighted by atomic mass is 10.0. The quantitative estimate of drug-likeness (QED) is 0.931. The lowest BCUT2D eigenvalue weighted by molar-refractivity contribution is 0.0945. The first-order valence-electron chi connectivity index (χ1n) is 6.16. The monoisotopic (exact) mass is 310 g/mol. The molecule has 0 bridgehead atoms. The summed E-state index contributed by atoms with van der Waals surface area (Å²) in [6.45, 7) is 9.73. The number of carbonyl (C=O) groups is 1. The van der Waals surface area contributed by atoms with Crippen molar-refractivity contribution in [2.45, 2.75) is 27.7 Å². The number of nitrogens with zero attached hydrogens (tertiary/aromatic N) is 1. The van der Waals surface area contributed by atoms with Gasteiger partial charge in [-0.2, -0.15) is 0 Å². The molecule has 0 spiro atoms.